The number of aliphatic hydroxyl groups is 3. The first kappa shape index (κ1) is 47.8. The maximum atomic E-state index is 13.6. The Morgan fingerprint density at radius 3 is 2.37 bits per heavy atom. The van der Waals surface area contributed by atoms with Crippen LogP contribution in [0.5, 0.6) is 0 Å². The van der Waals surface area contributed by atoms with Gasteiger partial charge >= 0.3 is 12.1 Å². The van der Waals surface area contributed by atoms with Crippen LogP contribution in [0.2, 0.25) is 0 Å². The minimum atomic E-state index is -1.18. The van der Waals surface area contributed by atoms with Crippen molar-refractivity contribution in [3.63, 3.8) is 0 Å². The monoisotopic (exact) mass is 829 g/mol. The number of carbonyl (C=O) groups excluding carboxylic acids is 5. The zero-order valence-corrected chi connectivity index (χ0v) is 35.9. The largest absolute Gasteiger partial charge is 0.457 e. The van der Waals surface area contributed by atoms with Crippen LogP contribution in [0.4, 0.5) is 4.79 Å². The van der Waals surface area contributed by atoms with Gasteiger partial charge in [-0.1, -0.05) is 51.5 Å². The molecule has 15 heteroatoms. The van der Waals surface area contributed by atoms with Crippen LogP contribution in [0, 0.1) is 11.8 Å². The Morgan fingerprint density at radius 2 is 1.73 bits per heavy atom. The molecule has 0 aromatic rings. The summed E-state index contributed by atoms with van der Waals surface area (Å²) in [5.41, 5.74) is -1.54. The number of ether oxygens (including phenoxy) is 4. The number of rotatable bonds is 16. The van der Waals surface area contributed by atoms with Crippen LogP contribution in [0.1, 0.15) is 99.3 Å². The van der Waals surface area contributed by atoms with Gasteiger partial charge in [0.2, 0.25) is 5.91 Å². The summed E-state index contributed by atoms with van der Waals surface area (Å²) in [6.07, 6.45) is 10.8. The van der Waals surface area contributed by atoms with Crippen molar-refractivity contribution in [1.29, 1.82) is 0 Å². The van der Waals surface area contributed by atoms with E-state index in [4.69, 9.17) is 18.9 Å². The number of aliphatic hydroxyl groups excluding tert-OH is 2. The van der Waals surface area contributed by atoms with E-state index in [2.05, 4.69) is 0 Å². The van der Waals surface area contributed by atoms with Crippen molar-refractivity contribution in [2.24, 2.45) is 11.8 Å². The second-order valence-electron chi connectivity index (χ2n) is 17.0. The van der Waals surface area contributed by atoms with E-state index in [1.807, 2.05) is 33.8 Å². The maximum absolute atomic E-state index is 13.6. The molecule has 0 aromatic heterocycles. The molecule has 0 spiro atoms. The van der Waals surface area contributed by atoms with Crippen molar-refractivity contribution < 1.29 is 58.2 Å². The molecule has 4 aliphatic rings. The Kier molecular flexibility index (Phi) is 17.5. The van der Waals surface area contributed by atoms with E-state index in [1.165, 1.54) is 24.2 Å². The Hall–Kier alpha value is -3.89. The number of piperazine rings is 1. The minimum absolute atomic E-state index is 0.0183. The number of hydrogen-bond acceptors (Lipinski definition) is 12. The van der Waals surface area contributed by atoms with E-state index in [-0.39, 0.29) is 68.2 Å². The number of epoxide rings is 1. The maximum Gasteiger partial charge on any atom is 0.410 e. The Bertz CT molecular complexity index is 1580. The fourth-order valence-corrected chi connectivity index (χ4v) is 7.86. The van der Waals surface area contributed by atoms with Gasteiger partial charge in [0.15, 0.2) is 6.10 Å². The highest BCUT2D eigenvalue weighted by molar-refractivity contribution is 6.12. The molecule has 0 aromatic carbocycles. The number of methoxy groups -OCH3 is 1. The molecule has 0 radical (unpaired) electrons. The summed E-state index contributed by atoms with van der Waals surface area (Å²) >= 11 is 0. The lowest BCUT2D eigenvalue weighted by atomic mass is 9.88. The summed E-state index contributed by atoms with van der Waals surface area (Å²) in [6, 6.07) is 0. The quantitative estimate of drug-likeness (QED) is 0.0506. The predicted octanol–water partition coefficient (Wildman–Crippen LogP) is 3.99. The van der Waals surface area contributed by atoms with Crippen molar-refractivity contribution in [2.45, 2.75) is 147 Å². The molecule has 4 aliphatic heterocycles. The van der Waals surface area contributed by atoms with Gasteiger partial charge in [0, 0.05) is 76.7 Å². The second-order valence-corrected chi connectivity index (χ2v) is 17.0. The number of cyclic esters (lactones) is 1. The van der Waals surface area contributed by atoms with Crippen LogP contribution in [0.15, 0.2) is 48.1 Å². The average Bonchev–Trinajstić information content (AvgIpc) is 3.89. The zero-order chi connectivity index (χ0) is 43.5. The van der Waals surface area contributed by atoms with Crippen molar-refractivity contribution in [2.75, 3.05) is 39.8 Å². The molecule has 4 rings (SSSR count). The zero-order valence-electron chi connectivity index (χ0n) is 35.9. The summed E-state index contributed by atoms with van der Waals surface area (Å²) < 4.78 is 23.7. The van der Waals surface area contributed by atoms with E-state index in [1.54, 1.807) is 48.0 Å². The summed E-state index contributed by atoms with van der Waals surface area (Å²) in [7, 11) is 1.51. The van der Waals surface area contributed by atoms with Gasteiger partial charge in [-0.05, 0) is 64.5 Å². The molecule has 59 heavy (non-hydrogen) atoms. The van der Waals surface area contributed by atoms with E-state index in [0.717, 1.165) is 0 Å². The predicted molar refractivity (Wildman–Crippen MR) is 218 cm³/mol. The van der Waals surface area contributed by atoms with Gasteiger partial charge in [0.05, 0.1) is 36.4 Å². The summed E-state index contributed by atoms with van der Waals surface area (Å²) in [4.78, 5) is 67.5. The van der Waals surface area contributed by atoms with Gasteiger partial charge in [-0.25, -0.2) is 4.79 Å². The van der Waals surface area contributed by atoms with Gasteiger partial charge in [0.1, 0.15) is 11.7 Å². The summed E-state index contributed by atoms with van der Waals surface area (Å²) in [6.45, 7) is 12.6. The van der Waals surface area contributed by atoms with Crippen LogP contribution < -0.4 is 0 Å². The van der Waals surface area contributed by atoms with Gasteiger partial charge in [-0.3, -0.25) is 24.1 Å². The van der Waals surface area contributed by atoms with E-state index < -0.39 is 53.6 Å². The number of unbranched alkanes of at least 4 members (excludes halogenated alkanes) is 2. The van der Waals surface area contributed by atoms with Crippen molar-refractivity contribution >= 4 is 29.8 Å². The Morgan fingerprint density at radius 1 is 1.07 bits per heavy atom. The molecule has 0 unspecified atom stereocenters. The number of carbonyl (C=O) groups is 5. The molecule has 4 amide bonds. The van der Waals surface area contributed by atoms with Crippen LogP contribution in [-0.4, -0.2) is 147 Å². The Labute approximate surface area is 349 Å². The van der Waals surface area contributed by atoms with Crippen LogP contribution in [-0.2, 0) is 38.1 Å². The molecule has 15 nitrogen and oxygen atoms in total. The van der Waals surface area contributed by atoms with Gasteiger partial charge in [-0.15, -0.1) is 0 Å². The van der Waals surface area contributed by atoms with E-state index >= 15 is 0 Å². The SMILES string of the molecule is CC[C@H](O)[C@@H](C)[C@H]1O[C@@H]1C[C@@](C)(O)/C=C/C=C(\C)[C@H]1OC(=O)C[C@H](O)CC[C@@](C)(OC)[C@@H](OC(=O)N2CCN(C(=O)CCCCCN3C(=O)C=CC3=O)CC2)/C=C/[C@@H]1C. The molecule has 2 fully saturated rings. The molecule has 0 saturated carbocycles. The number of allylic oxidation sites excluding steroid dienone is 2. The topological polar surface area (TPSA) is 196 Å². The molecular weight excluding hydrogens is 762 g/mol. The minimum Gasteiger partial charge on any atom is -0.457 e. The third kappa shape index (κ3) is 13.8. The van der Waals surface area contributed by atoms with Crippen LogP contribution in [0.25, 0.3) is 0 Å². The third-order valence-corrected chi connectivity index (χ3v) is 12.1. The molecule has 0 aliphatic carbocycles. The van der Waals surface area contributed by atoms with Crippen molar-refractivity contribution in [1.82, 2.24) is 14.7 Å². The van der Waals surface area contributed by atoms with Crippen molar-refractivity contribution in [3.05, 3.63) is 48.1 Å². The average molecular weight is 830 g/mol. The van der Waals surface area contributed by atoms with Crippen LogP contribution >= 0.6 is 0 Å². The van der Waals surface area contributed by atoms with Gasteiger partial charge in [-0.2, -0.15) is 0 Å². The van der Waals surface area contributed by atoms with Crippen LogP contribution in [0.3, 0.4) is 0 Å². The first-order valence-electron chi connectivity index (χ1n) is 21.2. The first-order chi connectivity index (χ1) is 27.9. The number of hydrogen-bond donors (Lipinski definition) is 3. The lowest BCUT2D eigenvalue weighted by Crippen LogP contribution is -2.52. The highest BCUT2D eigenvalue weighted by atomic mass is 16.6. The Balaban J connectivity index is 1.36. The smallest absolute Gasteiger partial charge is 0.410 e. The highest BCUT2D eigenvalue weighted by Crippen LogP contribution is 2.38. The van der Waals surface area contributed by atoms with Gasteiger partial charge in [0.25, 0.3) is 11.8 Å². The number of amides is 4. The number of imide groups is 1. The standard InChI is InChI=1S/C44H67N3O12/c1-8-33(49)31(4)41-34(57-41)28-43(5,55)20-12-13-29(2)40-30(3)15-16-35(44(6,56-7)21-19-32(48)27-39(53)59-40)58-42(54)46-25-23-45(24-26-46)36(50)14-10-9-11-22-47-37(51)17-18-38(47)52/h12-13,15-18,20,30-35,40-41,48-49,55H,8-11,14,19,21-28H2,1-7H3/b16-15+,20-12+,29-13+/t30-,31+,32+,33-,34+,35-,40+,41+,43-,44+/m0/s1. The highest BCUT2D eigenvalue weighted by Gasteiger charge is 2.47. The molecule has 0 bridgehead atoms. The fourth-order valence-electron chi connectivity index (χ4n) is 7.86. The molecule has 3 N–H and O–H groups in total. The summed E-state index contributed by atoms with van der Waals surface area (Å²) in [5.74, 6) is -1.62. The van der Waals surface area contributed by atoms with Crippen molar-refractivity contribution in [3.8, 4) is 0 Å². The van der Waals surface area contributed by atoms with Gasteiger partial charge < -0.3 is 44.1 Å². The molecule has 2 saturated heterocycles. The van der Waals surface area contributed by atoms with E-state index in [9.17, 15) is 39.3 Å². The lowest BCUT2D eigenvalue weighted by Gasteiger charge is -2.38. The first-order valence-corrected chi connectivity index (χ1v) is 21.2. The molecule has 330 valence electrons. The third-order valence-electron chi connectivity index (χ3n) is 12.1. The molecule has 4 heterocycles. The summed E-state index contributed by atoms with van der Waals surface area (Å²) in [5, 5.41) is 32.1. The normalized spacial score (nSPS) is 31.0. The molecular formula is C44H67N3O12. The number of nitrogens with zero attached hydrogens (tertiary/aromatic N) is 3. The number of esters is 1. The van der Waals surface area contributed by atoms with E-state index in [0.29, 0.717) is 63.7 Å². The molecule has 10 atom stereocenters. The fraction of sp³-hybridized carbons (Fsp3) is 0.705. The lowest BCUT2D eigenvalue weighted by molar-refractivity contribution is -0.151. The second kappa shape index (κ2) is 21.6.